The highest BCUT2D eigenvalue weighted by atomic mass is 32.2. The van der Waals surface area contributed by atoms with Crippen LogP contribution in [0.2, 0.25) is 0 Å². The number of hydrogen-bond acceptors (Lipinski definition) is 6. The van der Waals surface area contributed by atoms with E-state index >= 15 is 0 Å². The Morgan fingerprint density at radius 1 is 1.45 bits per heavy atom. The molecule has 0 aromatic carbocycles. The molecule has 0 spiro atoms. The number of carbonyl (C=O) groups is 2. The number of carboxylic acids is 1. The van der Waals surface area contributed by atoms with Crippen molar-refractivity contribution in [3.8, 4) is 0 Å². The number of nitrogens with two attached hydrogens (primary N) is 1. The topological polar surface area (TPSA) is 120 Å². The first-order valence-corrected chi connectivity index (χ1v) is 7.20. The minimum absolute atomic E-state index is 0.0645. The standard InChI is InChI=1S/C11H16N4O4S/c12-8(16)5-19-4-3-15-10(7-1-2-7)13-14-11(15)20-6-9(17)18/h7H,1-6H2,(H2,12,16)(H,17,18). The van der Waals surface area contributed by atoms with Gasteiger partial charge >= 0.3 is 5.97 Å². The summed E-state index contributed by atoms with van der Waals surface area (Å²) in [4.78, 5) is 21.2. The number of rotatable bonds is 9. The Balaban J connectivity index is 1.96. The number of thioether (sulfide) groups is 1. The maximum Gasteiger partial charge on any atom is 0.313 e. The molecule has 9 heteroatoms. The molecule has 1 saturated carbocycles. The first-order chi connectivity index (χ1) is 9.58. The smallest absolute Gasteiger partial charge is 0.313 e. The van der Waals surface area contributed by atoms with Gasteiger partial charge in [0.25, 0.3) is 0 Å². The first-order valence-electron chi connectivity index (χ1n) is 6.21. The molecule has 0 bridgehead atoms. The van der Waals surface area contributed by atoms with E-state index in [1.807, 2.05) is 4.57 Å². The molecule has 1 heterocycles. The summed E-state index contributed by atoms with van der Waals surface area (Å²) in [6.45, 7) is 0.661. The van der Waals surface area contributed by atoms with Crippen molar-refractivity contribution in [3.05, 3.63) is 5.82 Å². The second kappa shape index (κ2) is 6.71. The molecule has 0 unspecified atom stereocenters. The van der Waals surface area contributed by atoms with Gasteiger partial charge in [0.2, 0.25) is 5.91 Å². The summed E-state index contributed by atoms with van der Waals surface area (Å²) in [6.07, 6.45) is 2.15. The van der Waals surface area contributed by atoms with E-state index in [1.165, 1.54) is 0 Å². The fourth-order valence-electron chi connectivity index (χ4n) is 1.72. The van der Waals surface area contributed by atoms with Crippen molar-refractivity contribution in [1.29, 1.82) is 0 Å². The highest BCUT2D eigenvalue weighted by Crippen LogP contribution is 2.39. The Kier molecular flexibility index (Phi) is 4.96. The van der Waals surface area contributed by atoms with E-state index < -0.39 is 11.9 Å². The van der Waals surface area contributed by atoms with E-state index in [1.54, 1.807) is 0 Å². The van der Waals surface area contributed by atoms with Crippen LogP contribution in [0.5, 0.6) is 0 Å². The van der Waals surface area contributed by atoms with E-state index in [-0.39, 0.29) is 12.4 Å². The zero-order valence-electron chi connectivity index (χ0n) is 10.8. The van der Waals surface area contributed by atoms with Crippen molar-refractivity contribution < 1.29 is 19.4 Å². The molecule has 1 aromatic rings. The van der Waals surface area contributed by atoms with Crippen LogP contribution >= 0.6 is 11.8 Å². The Morgan fingerprint density at radius 3 is 2.80 bits per heavy atom. The van der Waals surface area contributed by atoms with Crippen molar-refractivity contribution in [2.24, 2.45) is 5.73 Å². The van der Waals surface area contributed by atoms with Gasteiger partial charge in [-0.1, -0.05) is 11.8 Å². The Hall–Kier alpha value is -1.61. The molecule has 1 fully saturated rings. The Bertz CT molecular complexity index is 501. The lowest BCUT2D eigenvalue weighted by atomic mass is 10.4. The maximum atomic E-state index is 10.6. The maximum absolute atomic E-state index is 10.6. The summed E-state index contributed by atoms with van der Waals surface area (Å²) >= 11 is 1.13. The minimum Gasteiger partial charge on any atom is -0.481 e. The Labute approximate surface area is 119 Å². The van der Waals surface area contributed by atoms with Crippen LogP contribution in [0.3, 0.4) is 0 Å². The fraction of sp³-hybridized carbons (Fsp3) is 0.636. The molecular weight excluding hydrogens is 284 g/mol. The number of primary amides is 1. The second-order valence-corrected chi connectivity index (χ2v) is 5.41. The van der Waals surface area contributed by atoms with Crippen LogP contribution < -0.4 is 5.73 Å². The SMILES string of the molecule is NC(=O)COCCn1c(SCC(=O)O)nnc1C1CC1. The molecule has 0 radical (unpaired) electrons. The van der Waals surface area contributed by atoms with Crippen LogP contribution in [0.15, 0.2) is 5.16 Å². The first kappa shape index (κ1) is 14.8. The lowest BCUT2D eigenvalue weighted by molar-refractivity contribution is -0.134. The fourth-order valence-corrected chi connectivity index (χ4v) is 2.41. The van der Waals surface area contributed by atoms with Crippen molar-refractivity contribution in [3.63, 3.8) is 0 Å². The molecule has 1 aromatic heterocycles. The lowest BCUT2D eigenvalue weighted by Gasteiger charge is -2.09. The van der Waals surface area contributed by atoms with Crippen LogP contribution in [0.1, 0.15) is 24.6 Å². The number of ether oxygens (including phenoxy) is 1. The third kappa shape index (κ3) is 4.20. The summed E-state index contributed by atoms with van der Waals surface area (Å²) < 4.78 is 6.99. The highest BCUT2D eigenvalue weighted by Gasteiger charge is 2.30. The molecule has 1 aliphatic carbocycles. The van der Waals surface area contributed by atoms with E-state index in [0.29, 0.717) is 24.2 Å². The number of hydrogen-bond donors (Lipinski definition) is 2. The lowest BCUT2D eigenvalue weighted by Crippen LogP contribution is -2.20. The molecular formula is C11H16N4O4S. The van der Waals surface area contributed by atoms with Gasteiger partial charge in [0, 0.05) is 12.5 Å². The average Bonchev–Trinajstić information content (AvgIpc) is 3.14. The van der Waals surface area contributed by atoms with Crippen LogP contribution in [0, 0.1) is 0 Å². The van der Waals surface area contributed by atoms with Gasteiger partial charge in [-0.15, -0.1) is 10.2 Å². The van der Waals surface area contributed by atoms with Gasteiger partial charge in [0.1, 0.15) is 12.4 Å². The molecule has 0 saturated heterocycles. The monoisotopic (exact) mass is 300 g/mol. The number of amides is 1. The summed E-state index contributed by atoms with van der Waals surface area (Å²) in [5.41, 5.74) is 4.99. The van der Waals surface area contributed by atoms with Gasteiger partial charge in [-0.05, 0) is 12.8 Å². The number of nitrogens with zero attached hydrogens (tertiary/aromatic N) is 3. The van der Waals surface area contributed by atoms with Crippen LogP contribution in [-0.2, 0) is 20.9 Å². The Morgan fingerprint density at radius 2 is 2.20 bits per heavy atom. The molecule has 8 nitrogen and oxygen atoms in total. The van der Waals surface area contributed by atoms with E-state index in [4.69, 9.17) is 15.6 Å². The van der Waals surface area contributed by atoms with Crippen molar-refractivity contribution >= 4 is 23.6 Å². The average molecular weight is 300 g/mol. The molecule has 20 heavy (non-hydrogen) atoms. The molecule has 1 aliphatic rings. The van der Waals surface area contributed by atoms with Crippen molar-refractivity contribution in [1.82, 2.24) is 14.8 Å². The van der Waals surface area contributed by atoms with Crippen molar-refractivity contribution in [2.75, 3.05) is 19.0 Å². The van der Waals surface area contributed by atoms with Gasteiger partial charge in [-0.25, -0.2) is 0 Å². The summed E-state index contributed by atoms with van der Waals surface area (Å²) in [5.74, 6) is -0.220. The van der Waals surface area contributed by atoms with Gasteiger partial charge in [0.15, 0.2) is 5.16 Å². The number of aromatic nitrogens is 3. The molecule has 0 atom stereocenters. The van der Waals surface area contributed by atoms with E-state index in [2.05, 4.69) is 10.2 Å². The number of carbonyl (C=O) groups excluding carboxylic acids is 1. The van der Waals surface area contributed by atoms with Gasteiger partial charge < -0.3 is 20.1 Å². The number of aliphatic carboxylic acids is 1. The molecule has 1 amide bonds. The molecule has 3 N–H and O–H groups in total. The third-order valence-corrected chi connectivity index (χ3v) is 3.67. The summed E-state index contributed by atoms with van der Waals surface area (Å²) in [6, 6.07) is 0. The third-order valence-electron chi connectivity index (χ3n) is 2.72. The van der Waals surface area contributed by atoms with E-state index in [9.17, 15) is 9.59 Å². The number of carboxylic acid groups (broad SMARTS) is 1. The summed E-state index contributed by atoms with van der Waals surface area (Å²) in [5, 5.41) is 17.4. The predicted octanol–water partition coefficient (Wildman–Crippen LogP) is -0.166. The predicted molar refractivity (Wildman–Crippen MR) is 70.4 cm³/mol. The van der Waals surface area contributed by atoms with Crippen LogP contribution in [0.25, 0.3) is 0 Å². The van der Waals surface area contributed by atoms with Gasteiger partial charge in [0.05, 0.1) is 12.4 Å². The molecule has 0 aliphatic heterocycles. The quantitative estimate of drug-likeness (QED) is 0.480. The van der Waals surface area contributed by atoms with Crippen LogP contribution in [-0.4, -0.2) is 50.7 Å². The van der Waals surface area contributed by atoms with Gasteiger partial charge in [-0.2, -0.15) is 0 Å². The molecule has 110 valence electrons. The van der Waals surface area contributed by atoms with E-state index in [0.717, 1.165) is 30.4 Å². The zero-order valence-corrected chi connectivity index (χ0v) is 11.6. The zero-order chi connectivity index (χ0) is 14.5. The largest absolute Gasteiger partial charge is 0.481 e. The molecule has 2 rings (SSSR count). The second-order valence-electron chi connectivity index (χ2n) is 4.47. The van der Waals surface area contributed by atoms with Crippen LogP contribution in [0.4, 0.5) is 0 Å². The van der Waals surface area contributed by atoms with Gasteiger partial charge in [-0.3, -0.25) is 9.59 Å². The summed E-state index contributed by atoms with van der Waals surface area (Å²) in [7, 11) is 0. The normalized spacial score (nSPS) is 14.4. The highest BCUT2D eigenvalue weighted by molar-refractivity contribution is 7.99. The minimum atomic E-state index is -0.900. The van der Waals surface area contributed by atoms with Crippen molar-refractivity contribution in [2.45, 2.75) is 30.5 Å².